The van der Waals surface area contributed by atoms with Gasteiger partial charge in [-0.2, -0.15) is 0 Å². The summed E-state index contributed by atoms with van der Waals surface area (Å²) in [7, 11) is -6.98. The number of rotatable bonds is 9. The molecular formula is C19H26N2O4S2. The molecule has 8 heteroatoms. The Balaban J connectivity index is 1.99. The monoisotopic (exact) mass is 410 g/mol. The van der Waals surface area contributed by atoms with E-state index in [1.807, 2.05) is 6.92 Å². The summed E-state index contributed by atoms with van der Waals surface area (Å²) < 4.78 is 53.7. The van der Waals surface area contributed by atoms with E-state index in [4.69, 9.17) is 0 Å². The van der Waals surface area contributed by atoms with Crippen molar-refractivity contribution >= 4 is 20.0 Å². The number of aryl methyl sites for hydroxylation is 1. The predicted octanol–water partition coefficient (Wildman–Crippen LogP) is 2.56. The molecular weight excluding hydrogens is 384 g/mol. The van der Waals surface area contributed by atoms with Crippen molar-refractivity contribution in [2.45, 2.75) is 50.4 Å². The standard InChI is InChI=1S/C19H26N2O4S2/c1-4-16-9-11-19(12-10-16)27(24,25)20-13-17-5-7-18(8-6-17)14-26(22,23)21-15(2)3/h5-12,15,20-21H,4,13-14H2,1-3H3. The zero-order valence-corrected chi connectivity index (χ0v) is 17.4. The van der Waals surface area contributed by atoms with E-state index in [2.05, 4.69) is 9.44 Å². The molecule has 0 aliphatic heterocycles. The van der Waals surface area contributed by atoms with Gasteiger partial charge in [0, 0.05) is 12.6 Å². The highest BCUT2D eigenvalue weighted by molar-refractivity contribution is 7.89. The lowest BCUT2D eigenvalue weighted by Gasteiger charge is -2.10. The Kier molecular flexibility index (Phi) is 7.16. The van der Waals surface area contributed by atoms with Gasteiger partial charge in [0.1, 0.15) is 0 Å². The van der Waals surface area contributed by atoms with Gasteiger partial charge in [-0.1, -0.05) is 43.3 Å². The van der Waals surface area contributed by atoms with Crippen molar-refractivity contribution < 1.29 is 16.8 Å². The van der Waals surface area contributed by atoms with Crippen molar-refractivity contribution in [2.75, 3.05) is 0 Å². The normalized spacial score (nSPS) is 12.4. The maximum Gasteiger partial charge on any atom is 0.240 e. The fourth-order valence-electron chi connectivity index (χ4n) is 2.54. The Labute approximate surface area is 162 Å². The molecule has 148 valence electrons. The highest BCUT2D eigenvalue weighted by Crippen LogP contribution is 2.13. The number of benzene rings is 2. The number of hydrogen-bond acceptors (Lipinski definition) is 4. The van der Waals surface area contributed by atoms with Crippen LogP contribution in [0.15, 0.2) is 53.4 Å². The molecule has 0 bridgehead atoms. The van der Waals surface area contributed by atoms with E-state index in [1.165, 1.54) is 0 Å². The summed E-state index contributed by atoms with van der Waals surface area (Å²) in [6.07, 6.45) is 0.850. The van der Waals surface area contributed by atoms with Gasteiger partial charge in [-0.25, -0.2) is 26.3 Å². The summed E-state index contributed by atoms with van der Waals surface area (Å²) in [5.74, 6) is -0.110. The third-order valence-electron chi connectivity index (χ3n) is 3.90. The summed E-state index contributed by atoms with van der Waals surface area (Å²) >= 11 is 0. The quantitative estimate of drug-likeness (QED) is 0.664. The van der Waals surface area contributed by atoms with Crippen molar-refractivity contribution in [1.82, 2.24) is 9.44 Å². The molecule has 0 fully saturated rings. The first-order chi connectivity index (χ1) is 12.6. The Morgan fingerprint density at radius 3 is 1.85 bits per heavy atom. The van der Waals surface area contributed by atoms with Crippen molar-refractivity contribution in [3.8, 4) is 0 Å². The van der Waals surface area contributed by atoms with Crippen LogP contribution in [-0.2, 0) is 38.8 Å². The molecule has 0 aromatic heterocycles. The van der Waals surface area contributed by atoms with Gasteiger partial charge in [0.2, 0.25) is 20.0 Å². The molecule has 0 radical (unpaired) electrons. The van der Waals surface area contributed by atoms with E-state index in [-0.39, 0.29) is 23.2 Å². The SMILES string of the molecule is CCc1ccc(S(=O)(=O)NCc2ccc(CS(=O)(=O)NC(C)C)cc2)cc1. The molecule has 0 aliphatic carbocycles. The minimum absolute atomic E-state index is 0.110. The lowest BCUT2D eigenvalue weighted by atomic mass is 10.1. The molecule has 0 heterocycles. The number of sulfonamides is 2. The van der Waals surface area contributed by atoms with Gasteiger partial charge in [0.05, 0.1) is 10.6 Å². The van der Waals surface area contributed by atoms with Crippen LogP contribution in [-0.4, -0.2) is 22.9 Å². The molecule has 6 nitrogen and oxygen atoms in total. The lowest BCUT2D eigenvalue weighted by molar-refractivity contribution is 0.569. The van der Waals surface area contributed by atoms with Gasteiger partial charge in [-0.15, -0.1) is 0 Å². The topological polar surface area (TPSA) is 92.3 Å². The Morgan fingerprint density at radius 1 is 0.815 bits per heavy atom. The van der Waals surface area contributed by atoms with Gasteiger partial charge in [-0.3, -0.25) is 0 Å². The minimum Gasteiger partial charge on any atom is -0.212 e. The predicted molar refractivity (Wildman–Crippen MR) is 107 cm³/mol. The summed E-state index contributed by atoms with van der Waals surface area (Å²) in [5.41, 5.74) is 2.47. The van der Waals surface area contributed by atoms with Crippen LogP contribution >= 0.6 is 0 Å². The maximum atomic E-state index is 12.4. The molecule has 2 N–H and O–H groups in total. The van der Waals surface area contributed by atoms with Gasteiger partial charge >= 0.3 is 0 Å². The van der Waals surface area contributed by atoms with Crippen LogP contribution in [0.5, 0.6) is 0 Å². The molecule has 2 aromatic rings. The molecule has 0 amide bonds. The van der Waals surface area contributed by atoms with Crippen LogP contribution in [0, 0.1) is 0 Å². The molecule has 0 atom stereocenters. The minimum atomic E-state index is -3.59. The first-order valence-corrected chi connectivity index (χ1v) is 11.9. The van der Waals surface area contributed by atoms with Crippen LogP contribution in [0.2, 0.25) is 0 Å². The van der Waals surface area contributed by atoms with Crippen molar-refractivity contribution in [2.24, 2.45) is 0 Å². The first-order valence-electron chi connectivity index (χ1n) is 8.78. The second kappa shape index (κ2) is 8.97. The van der Waals surface area contributed by atoms with Crippen molar-refractivity contribution in [3.05, 3.63) is 65.2 Å². The first kappa shape index (κ1) is 21.6. The lowest BCUT2D eigenvalue weighted by Crippen LogP contribution is -2.31. The van der Waals surface area contributed by atoms with E-state index in [0.717, 1.165) is 17.5 Å². The van der Waals surface area contributed by atoms with Gasteiger partial charge in [0.15, 0.2) is 0 Å². The summed E-state index contributed by atoms with van der Waals surface area (Å²) in [6.45, 7) is 5.68. The Morgan fingerprint density at radius 2 is 1.33 bits per heavy atom. The highest BCUT2D eigenvalue weighted by atomic mass is 32.2. The molecule has 2 aromatic carbocycles. The maximum absolute atomic E-state index is 12.4. The van der Waals surface area contributed by atoms with Crippen LogP contribution < -0.4 is 9.44 Å². The third kappa shape index (κ3) is 6.73. The van der Waals surface area contributed by atoms with E-state index in [0.29, 0.717) is 5.56 Å². The summed E-state index contributed by atoms with van der Waals surface area (Å²) in [6, 6.07) is 13.5. The van der Waals surface area contributed by atoms with Gasteiger partial charge in [0.25, 0.3) is 0 Å². The highest BCUT2D eigenvalue weighted by Gasteiger charge is 2.15. The van der Waals surface area contributed by atoms with Gasteiger partial charge in [-0.05, 0) is 49.1 Å². The fourth-order valence-corrected chi connectivity index (χ4v) is 4.99. The molecule has 0 saturated heterocycles. The molecule has 0 saturated carbocycles. The van der Waals surface area contributed by atoms with E-state index in [1.54, 1.807) is 62.4 Å². The van der Waals surface area contributed by atoms with Crippen LogP contribution in [0.4, 0.5) is 0 Å². The molecule has 0 unspecified atom stereocenters. The molecule has 2 rings (SSSR count). The zero-order valence-electron chi connectivity index (χ0n) is 15.8. The Hall–Kier alpha value is -1.74. The number of hydrogen-bond donors (Lipinski definition) is 2. The third-order valence-corrected chi connectivity index (χ3v) is 6.86. The Bertz CT molecular complexity index is 950. The van der Waals surface area contributed by atoms with Gasteiger partial charge < -0.3 is 0 Å². The van der Waals surface area contributed by atoms with Crippen LogP contribution in [0.1, 0.15) is 37.5 Å². The fraction of sp³-hybridized carbons (Fsp3) is 0.368. The van der Waals surface area contributed by atoms with E-state index in [9.17, 15) is 16.8 Å². The zero-order chi connectivity index (χ0) is 20.1. The smallest absolute Gasteiger partial charge is 0.212 e. The molecule has 0 spiro atoms. The average molecular weight is 411 g/mol. The van der Waals surface area contributed by atoms with Crippen LogP contribution in [0.25, 0.3) is 0 Å². The van der Waals surface area contributed by atoms with E-state index < -0.39 is 20.0 Å². The van der Waals surface area contributed by atoms with Crippen molar-refractivity contribution in [3.63, 3.8) is 0 Å². The number of nitrogens with one attached hydrogen (secondary N) is 2. The largest absolute Gasteiger partial charge is 0.240 e. The van der Waals surface area contributed by atoms with Crippen molar-refractivity contribution in [1.29, 1.82) is 0 Å². The van der Waals surface area contributed by atoms with E-state index >= 15 is 0 Å². The summed E-state index contributed by atoms with van der Waals surface area (Å²) in [4.78, 5) is 0.224. The summed E-state index contributed by atoms with van der Waals surface area (Å²) in [5, 5.41) is 0. The molecule has 0 aliphatic rings. The average Bonchev–Trinajstić information content (AvgIpc) is 2.60. The second-order valence-corrected chi connectivity index (χ2v) is 10.2. The van der Waals surface area contributed by atoms with Crippen LogP contribution in [0.3, 0.4) is 0 Å². The second-order valence-electron chi connectivity index (χ2n) is 6.67. The molecule has 27 heavy (non-hydrogen) atoms.